The zero-order chi connectivity index (χ0) is 13.8. The molecule has 0 radical (unpaired) electrons. The van der Waals surface area contributed by atoms with Crippen LogP contribution in [0.3, 0.4) is 0 Å². The standard InChI is InChI=1S/C16H27N3/c1-13-10-14(6-8-17)4-5-16(13)19(3)12-15-7-9-18(2)11-15/h4-5,10,15H,6-9,11-12,17H2,1-3H3. The number of nitrogens with zero attached hydrogens (tertiary/aromatic N) is 2. The Morgan fingerprint density at radius 2 is 2.21 bits per heavy atom. The van der Waals surface area contributed by atoms with Crippen molar-refractivity contribution in [2.45, 2.75) is 19.8 Å². The van der Waals surface area contributed by atoms with Gasteiger partial charge in [-0.2, -0.15) is 0 Å². The van der Waals surface area contributed by atoms with Gasteiger partial charge in [0.25, 0.3) is 0 Å². The maximum atomic E-state index is 5.62. The van der Waals surface area contributed by atoms with E-state index in [4.69, 9.17) is 5.73 Å². The van der Waals surface area contributed by atoms with Crippen LogP contribution in [-0.4, -0.2) is 45.2 Å². The molecule has 1 aromatic carbocycles. The Morgan fingerprint density at radius 1 is 1.42 bits per heavy atom. The van der Waals surface area contributed by atoms with Gasteiger partial charge in [0, 0.05) is 25.8 Å². The largest absolute Gasteiger partial charge is 0.374 e. The molecule has 1 aromatic rings. The lowest BCUT2D eigenvalue weighted by Gasteiger charge is -2.25. The van der Waals surface area contributed by atoms with Crippen molar-refractivity contribution in [3.8, 4) is 0 Å². The summed E-state index contributed by atoms with van der Waals surface area (Å²) in [5, 5.41) is 0. The summed E-state index contributed by atoms with van der Waals surface area (Å²) in [6.07, 6.45) is 2.30. The molecule has 0 saturated carbocycles. The van der Waals surface area contributed by atoms with E-state index in [0.29, 0.717) is 0 Å². The maximum absolute atomic E-state index is 5.62. The fourth-order valence-corrected chi connectivity index (χ4v) is 3.13. The van der Waals surface area contributed by atoms with Crippen LogP contribution >= 0.6 is 0 Å². The van der Waals surface area contributed by atoms with Gasteiger partial charge in [-0.25, -0.2) is 0 Å². The van der Waals surface area contributed by atoms with Crippen LogP contribution in [0.15, 0.2) is 18.2 Å². The van der Waals surface area contributed by atoms with E-state index in [1.54, 1.807) is 0 Å². The first-order valence-electron chi connectivity index (χ1n) is 7.29. The number of anilines is 1. The molecule has 3 heteroatoms. The van der Waals surface area contributed by atoms with Gasteiger partial charge in [0.05, 0.1) is 0 Å². The van der Waals surface area contributed by atoms with E-state index in [2.05, 4.69) is 49.0 Å². The number of likely N-dealkylation sites (tertiary alicyclic amines) is 1. The number of rotatable bonds is 5. The van der Waals surface area contributed by atoms with Crippen molar-refractivity contribution in [3.05, 3.63) is 29.3 Å². The Balaban J connectivity index is 2.00. The summed E-state index contributed by atoms with van der Waals surface area (Å²) in [5.74, 6) is 0.804. The lowest BCUT2D eigenvalue weighted by molar-refractivity contribution is 0.396. The highest BCUT2D eigenvalue weighted by Gasteiger charge is 2.21. The highest BCUT2D eigenvalue weighted by atomic mass is 15.2. The van der Waals surface area contributed by atoms with Crippen molar-refractivity contribution in [1.82, 2.24) is 4.90 Å². The van der Waals surface area contributed by atoms with Crippen LogP contribution < -0.4 is 10.6 Å². The molecular weight excluding hydrogens is 234 g/mol. The smallest absolute Gasteiger partial charge is 0.0393 e. The molecule has 0 aromatic heterocycles. The molecule has 0 spiro atoms. The highest BCUT2D eigenvalue weighted by Crippen LogP contribution is 2.23. The van der Waals surface area contributed by atoms with Crippen molar-refractivity contribution >= 4 is 5.69 Å². The molecule has 1 unspecified atom stereocenters. The lowest BCUT2D eigenvalue weighted by atomic mass is 10.0. The average Bonchev–Trinajstić information content (AvgIpc) is 2.75. The second kappa shape index (κ2) is 6.40. The molecule has 0 amide bonds. The normalized spacial score (nSPS) is 19.9. The number of hydrogen-bond acceptors (Lipinski definition) is 3. The van der Waals surface area contributed by atoms with Crippen LogP contribution in [0.1, 0.15) is 17.5 Å². The zero-order valence-electron chi connectivity index (χ0n) is 12.5. The lowest BCUT2D eigenvalue weighted by Crippen LogP contribution is -2.27. The van der Waals surface area contributed by atoms with Crippen molar-refractivity contribution < 1.29 is 0 Å². The van der Waals surface area contributed by atoms with Crippen LogP contribution in [0.5, 0.6) is 0 Å². The fourth-order valence-electron chi connectivity index (χ4n) is 3.13. The van der Waals surface area contributed by atoms with Crippen molar-refractivity contribution in [2.75, 3.05) is 45.2 Å². The molecule has 1 heterocycles. The minimum absolute atomic E-state index is 0.725. The summed E-state index contributed by atoms with van der Waals surface area (Å²) in [5.41, 5.74) is 9.68. The quantitative estimate of drug-likeness (QED) is 0.878. The Labute approximate surface area is 117 Å². The van der Waals surface area contributed by atoms with Crippen molar-refractivity contribution in [3.63, 3.8) is 0 Å². The molecule has 106 valence electrons. The second-order valence-electron chi connectivity index (χ2n) is 5.96. The average molecular weight is 261 g/mol. The highest BCUT2D eigenvalue weighted by molar-refractivity contribution is 5.54. The molecule has 0 bridgehead atoms. The van der Waals surface area contributed by atoms with Gasteiger partial charge in [0.15, 0.2) is 0 Å². The molecule has 2 rings (SSSR count). The van der Waals surface area contributed by atoms with Gasteiger partial charge in [0.2, 0.25) is 0 Å². The van der Waals surface area contributed by atoms with Gasteiger partial charge in [-0.1, -0.05) is 12.1 Å². The second-order valence-corrected chi connectivity index (χ2v) is 5.96. The Bertz CT molecular complexity index is 416. The number of benzene rings is 1. The maximum Gasteiger partial charge on any atom is 0.0393 e. The van der Waals surface area contributed by atoms with E-state index in [1.165, 1.54) is 36.3 Å². The van der Waals surface area contributed by atoms with Gasteiger partial charge >= 0.3 is 0 Å². The van der Waals surface area contributed by atoms with Gasteiger partial charge in [-0.05, 0) is 63.0 Å². The van der Waals surface area contributed by atoms with Crippen LogP contribution in [0.25, 0.3) is 0 Å². The number of aryl methyl sites for hydroxylation is 1. The van der Waals surface area contributed by atoms with Gasteiger partial charge in [-0.3, -0.25) is 0 Å². The van der Waals surface area contributed by atoms with Gasteiger partial charge in [0.1, 0.15) is 0 Å². The molecule has 0 aliphatic carbocycles. The zero-order valence-corrected chi connectivity index (χ0v) is 12.5. The first-order chi connectivity index (χ1) is 9.10. The summed E-state index contributed by atoms with van der Waals surface area (Å²) >= 11 is 0. The molecule has 19 heavy (non-hydrogen) atoms. The number of hydrogen-bond donors (Lipinski definition) is 1. The molecule has 2 N–H and O–H groups in total. The molecule has 1 atom stereocenters. The summed E-state index contributed by atoms with van der Waals surface area (Å²) in [6, 6.07) is 6.74. The summed E-state index contributed by atoms with van der Waals surface area (Å²) in [6.45, 7) is 6.55. The van der Waals surface area contributed by atoms with E-state index >= 15 is 0 Å². The Morgan fingerprint density at radius 3 is 2.79 bits per heavy atom. The predicted octanol–water partition coefficient (Wildman–Crippen LogP) is 1.88. The minimum atomic E-state index is 0.725. The molecule has 1 saturated heterocycles. The van der Waals surface area contributed by atoms with E-state index in [-0.39, 0.29) is 0 Å². The SMILES string of the molecule is Cc1cc(CCN)ccc1N(C)CC1CCN(C)C1. The summed E-state index contributed by atoms with van der Waals surface area (Å²) < 4.78 is 0. The topological polar surface area (TPSA) is 32.5 Å². The third-order valence-electron chi connectivity index (χ3n) is 4.13. The van der Waals surface area contributed by atoms with Gasteiger partial charge in [-0.15, -0.1) is 0 Å². The molecular formula is C16H27N3. The summed E-state index contributed by atoms with van der Waals surface area (Å²) in [4.78, 5) is 4.83. The van der Waals surface area contributed by atoms with E-state index in [1.807, 2.05) is 0 Å². The number of nitrogens with two attached hydrogens (primary N) is 1. The third kappa shape index (κ3) is 3.71. The molecule has 3 nitrogen and oxygen atoms in total. The molecule has 1 aliphatic rings. The molecule has 1 fully saturated rings. The van der Waals surface area contributed by atoms with Gasteiger partial charge < -0.3 is 15.5 Å². The molecule has 1 aliphatic heterocycles. The van der Waals surface area contributed by atoms with Crippen LogP contribution in [0, 0.1) is 12.8 Å². The van der Waals surface area contributed by atoms with Crippen molar-refractivity contribution in [2.24, 2.45) is 11.7 Å². The Kier molecular flexibility index (Phi) is 4.83. The minimum Gasteiger partial charge on any atom is -0.374 e. The summed E-state index contributed by atoms with van der Waals surface area (Å²) in [7, 11) is 4.43. The monoisotopic (exact) mass is 261 g/mol. The fraction of sp³-hybridized carbons (Fsp3) is 0.625. The Hall–Kier alpha value is -1.06. The first kappa shape index (κ1) is 14.4. The van der Waals surface area contributed by atoms with E-state index < -0.39 is 0 Å². The van der Waals surface area contributed by atoms with Crippen LogP contribution in [0.4, 0.5) is 5.69 Å². The third-order valence-corrected chi connectivity index (χ3v) is 4.13. The van der Waals surface area contributed by atoms with Crippen molar-refractivity contribution in [1.29, 1.82) is 0 Å². The van der Waals surface area contributed by atoms with Crippen LogP contribution in [-0.2, 0) is 6.42 Å². The predicted molar refractivity (Wildman–Crippen MR) is 82.8 cm³/mol. The van der Waals surface area contributed by atoms with E-state index in [0.717, 1.165) is 25.4 Å². The van der Waals surface area contributed by atoms with Crippen LogP contribution in [0.2, 0.25) is 0 Å². The van der Waals surface area contributed by atoms with E-state index in [9.17, 15) is 0 Å². The first-order valence-corrected chi connectivity index (χ1v) is 7.29.